The highest BCUT2D eigenvalue weighted by Gasteiger charge is 2.20. The molecule has 1 heterocycles. The number of hydrogen-bond donors (Lipinski definition) is 3. The van der Waals surface area contributed by atoms with Crippen molar-refractivity contribution in [3.8, 4) is 0 Å². The zero-order chi connectivity index (χ0) is 12.8. The van der Waals surface area contributed by atoms with Crippen molar-refractivity contribution in [1.82, 2.24) is 15.1 Å². The first-order valence-corrected chi connectivity index (χ1v) is 5.61. The lowest BCUT2D eigenvalue weighted by Gasteiger charge is -2.35. The van der Waals surface area contributed by atoms with Crippen molar-refractivity contribution < 1.29 is 19.8 Å². The van der Waals surface area contributed by atoms with Gasteiger partial charge < -0.3 is 20.4 Å². The van der Waals surface area contributed by atoms with Crippen molar-refractivity contribution >= 4 is 12.0 Å². The van der Waals surface area contributed by atoms with Crippen LogP contribution in [0.4, 0.5) is 4.79 Å². The van der Waals surface area contributed by atoms with E-state index in [4.69, 9.17) is 5.11 Å². The third-order valence-corrected chi connectivity index (χ3v) is 2.78. The van der Waals surface area contributed by atoms with Crippen molar-refractivity contribution in [2.45, 2.75) is 13.0 Å². The van der Waals surface area contributed by atoms with Gasteiger partial charge in [0.2, 0.25) is 5.91 Å². The Morgan fingerprint density at radius 3 is 2.35 bits per heavy atom. The van der Waals surface area contributed by atoms with Gasteiger partial charge in [0.25, 0.3) is 0 Å². The summed E-state index contributed by atoms with van der Waals surface area (Å²) in [4.78, 5) is 25.1. The summed E-state index contributed by atoms with van der Waals surface area (Å²) < 4.78 is 0. The summed E-state index contributed by atoms with van der Waals surface area (Å²) in [7, 11) is 0. The lowest BCUT2D eigenvalue weighted by atomic mass is 10.2. The molecule has 0 aliphatic carbocycles. The largest absolute Gasteiger partial charge is 0.465 e. The van der Waals surface area contributed by atoms with Gasteiger partial charge >= 0.3 is 6.09 Å². The highest BCUT2D eigenvalue weighted by atomic mass is 16.4. The number of carbonyl (C=O) groups is 2. The maximum Gasteiger partial charge on any atom is 0.404 e. The summed E-state index contributed by atoms with van der Waals surface area (Å²) in [6.45, 7) is 4.74. The van der Waals surface area contributed by atoms with E-state index in [1.165, 1.54) is 0 Å². The van der Waals surface area contributed by atoms with Crippen LogP contribution < -0.4 is 5.32 Å². The lowest BCUT2D eigenvalue weighted by Crippen LogP contribution is -2.51. The van der Waals surface area contributed by atoms with E-state index in [0.29, 0.717) is 32.7 Å². The maximum absolute atomic E-state index is 11.1. The monoisotopic (exact) mass is 245 g/mol. The second kappa shape index (κ2) is 6.41. The van der Waals surface area contributed by atoms with Gasteiger partial charge in [-0.15, -0.1) is 0 Å². The fourth-order valence-corrected chi connectivity index (χ4v) is 1.81. The number of β-amino-alcohol motifs (C(OH)–C–C–N with tert-alkyl or cyclic N) is 1. The minimum absolute atomic E-state index is 0.0300. The Morgan fingerprint density at radius 1 is 1.29 bits per heavy atom. The Labute approximate surface area is 100.0 Å². The molecule has 1 unspecified atom stereocenters. The van der Waals surface area contributed by atoms with E-state index >= 15 is 0 Å². The normalized spacial score (nSPS) is 18.8. The molecule has 0 aromatic heterocycles. The van der Waals surface area contributed by atoms with Crippen molar-refractivity contribution in [3.05, 3.63) is 0 Å². The molecule has 7 nitrogen and oxygen atoms in total. The molecule has 1 atom stereocenters. The van der Waals surface area contributed by atoms with Crippen LogP contribution in [-0.4, -0.2) is 77.4 Å². The number of aliphatic hydroxyl groups excluding tert-OH is 1. The number of amides is 2. The van der Waals surface area contributed by atoms with Gasteiger partial charge in [0, 0.05) is 46.2 Å². The fourth-order valence-electron chi connectivity index (χ4n) is 1.81. The maximum atomic E-state index is 11.1. The van der Waals surface area contributed by atoms with Crippen LogP contribution in [0, 0.1) is 0 Å². The zero-order valence-electron chi connectivity index (χ0n) is 9.93. The number of nitrogens with zero attached hydrogens (tertiary/aromatic N) is 2. The smallest absolute Gasteiger partial charge is 0.404 e. The zero-order valence-corrected chi connectivity index (χ0v) is 9.93. The van der Waals surface area contributed by atoms with E-state index in [9.17, 15) is 14.7 Å². The minimum atomic E-state index is -1.13. The quantitative estimate of drug-likeness (QED) is 0.577. The predicted molar refractivity (Wildman–Crippen MR) is 60.7 cm³/mol. The van der Waals surface area contributed by atoms with E-state index in [-0.39, 0.29) is 12.5 Å². The van der Waals surface area contributed by atoms with Crippen molar-refractivity contribution in [2.75, 3.05) is 39.3 Å². The summed E-state index contributed by atoms with van der Waals surface area (Å²) in [6.07, 6.45) is -1.85. The molecule has 3 N–H and O–H groups in total. The van der Waals surface area contributed by atoms with Gasteiger partial charge in [-0.25, -0.2) is 4.79 Å². The van der Waals surface area contributed by atoms with Gasteiger partial charge in [-0.05, 0) is 0 Å². The van der Waals surface area contributed by atoms with Gasteiger partial charge in [-0.1, -0.05) is 0 Å². The third-order valence-electron chi connectivity index (χ3n) is 2.78. The van der Waals surface area contributed by atoms with Crippen LogP contribution in [-0.2, 0) is 4.79 Å². The molecule has 17 heavy (non-hydrogen) atoms. The third kappa shape index (κ3) is 5.01. The van der Waals surface area contributed by atoms with E-state index in [1.807, 2.05) is 4.90 Å². The van der Waals surface area contributed by atoms with E-state index in [2.05, 4.69) is 5.32 Å². The molecule has 0 bridgehead atoms. The summed E-state index contributed by atoms with van der Waals surface area (Å²) in [5, 5.41) is 20.1. The second-order valence-electron chi connectivity index (χ2n) is 4.15. The fraction of sp³-hybridized carbons (Fsp3) is 0.800. The second-order valence-corrected chi connectivity index (χ2v) is 4.15. The van der Waals surface area contributed by atoms with E-state index in [1.54, 1.807) is 11.8 Å². The van der Waals surface area contributed by atoms with Gasteiger partial charge in [-0.3, -0.25) is 9.69 Å². The van der Waals surface area contributed by atoms with Crippen LogP contribution in [0.5, 0.6) is 0 Å². The topological polar surface area (TPSA) is 93.1 Å². The number of carboxylic acid groups (broad SMARTS) is 1. The molecule has 1 saturated heterocycles. The molecule has 98 valence electrons. The highest BCUT2D eigenvalue weighted by molar-refractivity contribution is 5.73. The highest BCUT2D eigenvalue weighted by Crippen LogP contribution is 2.02. The van der Waals surface area contributed by atoms with Crippen LogP contribution in [0.25, 0.3) is 0 Å². The van der Waals surface area contributed by atoms with Gasteiger partial charge in [0.15, 0.2) is 0 Å². The molecule has 2 amide bonds. The van der Waals surface area contributed by atoms with E-state index in [0.717, 1.165) is 0 Å². The molecule has 1 aliphatic rings. The molecular weight excluding hydrogens is 226 g/mol. The summed E-state index contributed by atoms with van der Waals surface area (Å²) in [5.74, 6) is 0.0674. The minimum Gasteiger partial charge on any atom is -0.465 e. The first-order valence-electron chi connectivity index (χ1n) is 5.61. The van der Waals surface area contributed by atoms with Gasteiger partial charge in [0.05, 0.1) is 6.10 Å². The van der Waals surface area contributed by atoms with Crippen LogP contribution >= 0.6 is 0 Å². The van der Waals surface area contributed by atoms with E-state index < -0.39 is 12.2 Å². The molecule has 1 aliphatic heterocycles. The molecule has 0 saturated carbocycles. The Hall–Kier alpha value is -1.34. The Bertz CT molecular complexity index is 277. The summed E-state index contributed by atoms with van der Waals surface area (Å²) >= 11 is 0. The number of nitrogens with one attached hydrogen (secondary N) is 1. The molecule has 0 aromatic carbocycles. The van der Waals surface area contributed by atoms with Crippen molar-refractivity contribution in [3.63, 3.8) is 0 Å². The number of rotatable bonds is 4. The Morgan fingerprint density at radius 2 is 1.88 bits per heavy atom. The summed E-state index contributed by atoms with van der Waals surface area (Å²) in [6, 6.07) is 0. The van der Waals surface area contributed by atoms with Crippen LogP contribution in [0.3, 0.4) is 0 Å². The number of aliphatic hydroxyl groups is 1. The molecule has 1 fully saturated rings. The number of piperazine rings is 1. The van der Waals surface area contributed by atoms with Crippen LogP contribution in [0.2, 0.25) is 0 Å². The molecule has 1 rings (SSSR count). The van der Waals surface area contributed by atoms with Crippen LogP contribution in [0.15, 0.2) is 0 Å². The molecule has 0 spiro atoms. The first kappa shape index (κ1) is 13.7. The first-order chi connectivity index (χ1) is 7.99. The Balaban J connectivity index is 2.21. The van der Waals surface area contributed by atoms with Gasteiger partial charge in [0.1, 0.15) is 0 Å². The van der Waals surface area contributed by atoms with Crippen LogP contribution in [0.1, 0.15) is 6.92 Å². The number of carbonyl (C=O) groups excluding carboxylic acids is 1. The van der Waals surface area contributed by atoms with Gasteiger partial charge in [-0.2, -0.15) is 0 Å². The SMILES string of the molecule is CC(=O)N1CCN(CC(O)CNC(=O)O)CC1. The van der Waals surface area contributed by atoms with Crippen molar-refractivity contribution in [1.29, 1.82) is 0 Å². The average molecular weight is 245 g/mol. The lowest BCUT2D eigenvalue weighted by molar-refractivity contribution is -0.130. The standard InChI is InChI=1S/C10H19N3O4/c1-8(14)13-4-2-12(3-5-13)7-9(15)6-11-10(16)17/h9,11,15H,2-7H2,1H3,(H,16,17). The van der Waals surface area contributed by atoms with Crippen molar-refractivity contribution in [2.24, 2.45) is 0 Å². The average Bonchev–Trinajstić information content (AvgIpc) is 2.27. The Kier molecular flexibility index (Phi) is 5.17. The molecular formula is C10H19N3O4. The molecule has 0 radical (unpaired) electrons. The molecule has 7 heteroatoms. The molecule has 0 aromatic rings. The summed E-state index contributed by atoms with van der Waals surface area (Å²) in [5.41, 5.74) is 0. The number of hydrogen-bond acceptors (Lipinski definition) is 4. The predicted octanol–water partition coefficient (Wildman–Crippen LogP) is -1.22.